The highest BCUT2D eigenvalue weighted by Gasteiger charge is 2.31. The van der Waals surface area contributed by atoms with Crippen LogP contribution in [0.4, 0.5) is 5.82 Å². The highest BCUT2D eigenvalue weighted by Crippen LogP contribution is 2.30. The average Bonchev–Trinajstić information content (AvgIpc) is 3.34. The van der Waals surface area contributed by atoms with Crippen molar-refractivity contribution >= 4 is 33.3 Å². The molecule has 2 aromatic heterocycles. The summed E-state index contributed by atoms with van der Waals surface area (Å²) in [5.41, 5.74) is 1.18. The fourth-order valence-corrected chi connectivity index (χ4v) is 4.87. The molecule has 1 atom stereocenters. The van der Waals surface area contributed by atoms with Crippen LogP contribution < -0.4 is 4.90 Å². The number of aromatic nitrogens is 3. The van der Waals surface area contributed by atoms with Gasteiger partial charge in [-0.15, -0.1) is 0 Å². The van der Waals surface area contributed by atoms with E-state index >= 15 is 0 Å². The van der Waals surface area contributed by atoms with E-state index in [1.165, 1.54) is 15.8 Å². The number of rotatable bonds is 2. The molecule has 1 fully saturated rings. The topological polar surface area (TPSA) is 54.3 Å². The third-order valence-corrected chi connectivity index (χ3v) is 6.36. The van der Waals surface area contributed by atoms with Gasteiger partial charge in [0.25, 0.3) is 0 Å². The monoisotopic (exact) mass is 367 g/mol. The molecule has 7 heteroatoms. The number of carbonyl (C=O) groups is 1. The number of fused-ring (bicyclic) bond motifs is 2. The zero-order valence-electron chi connectivity index (χ0n) is 14.5. The van der Waals surface area contributed by atoms with Gasteiger partial charge >= 0.3 is 0 Å². The Hall–Kier alpha value is -2.41. The van der Waals surface area contributed by atoms with Gasteiger partial charge in [0.2, 0.25) is 5.91 Å². The van der Waals surface area contributed by atoms with Crippen LogP contribution in [0.3, 0.4) is 0 Å². The van der Waals surface area contributed by atoms with Gasteiger partial charge in [-0.2, -0.15) is 9.47 Å². The lowest BCUT2D eigenvalue weighted by molar-refractivity contribution is -0.136. The van der Waals surface area contributed by atoms with Crippen LogP contribution in [0.15, 0.2) is 36.5 Å². The van der Waals surface area contributed by atoms with Crippen molar-refractivity contribution in [2.45, 2.75) is 19.4 Å². The predicted molar refractivity (Wildman–Crippen MR) is 102 cm³/mol. The van der Waals surface area contributed by atoms with E-state index < -0.39 is 0 Å². The average molecular weight is 367 g/mol. The molecule has 0 saturated carbocycles. The molecule has 5 rings (SSSR count). The second-order valence-corrected chi connectivity index (χ2v) is 7.86. The summed E-state index contributed by atoms with van der Waals surface area (Å²) in [6.45, 7) is 4.11. The van der Waals surface area contributed by atoms with Crippen molar-refractivity contribution in [3.8, 4) is 0 Å². The lowest BCUT2D eigenvalue weighted by Gasteiger charge is -2.37. The standard InChI is InChI=1S/C19H21N5OS/c25-19(14-6-8-24-15(13-14)5-7-20-24)23-11-9-22(10-12-23)18-16-3-1-2-4-17(16)26-21-18/h1-5,7,14H,6,8-13H2. The SMILES string of the molecule is O=C(C1CCn2nccc2C1)N1CCN(c2nsc3ccccc23)CC1. The molecule has 1 saturated heterocycles. The number of aryl methyl sites for hydroxylation is 1. The first kappa shape index (κ1) is 15.8. The van der Waals surface area contributed by atoms with Crippen LogP contribution in [0.25, 0.3) is 10.1 Å². The molecule has 1 unspecified atom stereocenters. The fourth-order valence-electron chi connectivity index (χ4n) is 4.08. The largest absolute Gasteiger partial charge is 0.352 e. The fraction of sp³-hybridized carbons (Fsp3) is 0.421. The van der Waals surface area contributed by atoms with E-state index in [0.29, 0.717) is 5.91 Å². The minimum absolute atomic E-state index is 0.103. The van der Waals surface area contributed by atoms with Crippen LogP contribution in [0.2, 0.25) is 0 Å². The molecule has 0 radical (unpaired) electrons. The zero-order chi connectivity index (χ0) is 17.5. The van der Waals surface area contributed by atoms with Crippen molar-refractivity contribution in [2.75, 3.05) is 31.1 Å². The van der Waals surface area contributed by atoms with Crippen LogP contribution in [0.1, 0.15) is 12.1 Å². The third-order valence-electron chi connectivity index (χ3n) is 5.55. The molecule has 0 aliphatic carbocycles. The number of nitrogens with zero attached hydrogens (tertiary/aromatic N) is 5. The lowest BCUT2D eigenvalue weighted by Crippen LogP contribution is -2.51. The first-order valence-electron chi connectivity index (χ1n) is 9.18. The molecule has 6 nitrogen and oxygen atoms in total. The van der Waals surface area contributed by atoms with Gasteiger partial charge in [0.15, 0.2) is 0 Å². The molecule has 0 spiro atoms. The molecule has 1 aromatic carbocycles. The Labute approximate surface area is 156 Å². The summed E-state index contributed by atoms with van der Waals surface area (Å²) in [5.74, 6) is 1.48. The first-order valence-corrected chi connectivity index (χ1v) is 9.96. The molecule has 0 N–H and O–H groups in total. The Morgan fingerprint density at radius 2 is 1.92 bits per heavy atom. The number of hydrogen-bond acceptors (Lipinski definition) is 5. The van der Waals surface area contributed by atoms with Gasteiger partial charge in [0.05, 0.1) is 4.70 Å². The third kappa shape index (κ3) is 2.67. The van der Waals surface area contributed by atoms with Crippen LogP contribution in [0, 0.1) is 5.92 Å². The van der Waals surface area contributed by atoms with E-state index in [1.54, 1.807) is 11.5 Å². The van der Waals surface area contributed by atoms with E-state index in [9.17, 15) is 4.79 Å². The smallest absolute Gasteiger partial charge is 0.226 e. The summed E-state index contributed by atoms with van der Waals surface area (Å²) in [6, 6.07) is 10.4. The van der Waals surface area contributed by atoms with E-state index in [0.717, 1.165) is 51.4 Å². The Balaban J connectivity index is 1.25. The van der Waals surface area contributed by atoms with Gasteiger partial charge in [-0.1, -0.05) is 12.1 Å². The van der Waals surface area contributed by atoms with Crippen LogP contribution >= 0.6 is 11.5 Å². The van der Waals surface area contributed by atoms with Gasteiger partial charge in [-0.25, -0.2) is 0 Å². The van der Waals surface area contributed by atoms with E-state index in [2.05, 4.69) is 38.6 Å². The van der Waals surface area contributed by atoms with Crippen molar-refractivity contribution < 1.29 is 4.79 Å². The molecule has 0 bridgehead atoms. The number of hydrogen-bond donors (Lipinski definition) is 0. The maximum absolute atomic E-state index is 13.0. The molecule has 4 heterocycles. The second-order valence-electron chi connectivity index (χ2n) is 7.05. The van der Waals surface area contributed by atoms with Crippen molar-refractivity contribution in [1.29, 1.82) is 0 Å². The molecule has 2 aliphatic rings. The quantitative estimate of drug-likeness (QED) is 0.698. The predicted octanol–water partition coefficient (Wildman–Crippen LogP) is 2.40. The maximum atomic E-state index is 13.0. The molecule has 2 aliphatic heterocycles. The summed E-state index contributed by atoms with van der Waals surface area (Å²) in [6.07, 6.45) is 3.54. The summed E-state index contributed by atoms with van der Waals surface area (Å²) in [7, 11) is 0. The zero-order valence-corrected chi connectivity index (χ0v) is 15.4. The van der Waals surface area contributed by atoms with Crippen molar-refractivity contribution in [2.24, 2.45) is 5.92 Å². The van der Waals surface area contributed by atoms with Gasteiger partial charge in [-0.05, 0) is 36.2 Å². The van der Waals surface area contributed by atoms with Crippen LogP contribution in [0.5, 0.6) is 0 Å². The number of carbonyl (C=O) groups excluding carboxylic acids is 1. The van der Waals surface area contributed by atoms with Gasteiger partial charge in [0, 0.05) is 62.3 Å². The normalized spacial score (nSPS) is 20.4. The summed E-state index contributed by atoms with van der Waals surface area (Å²) < 4.78 is 7.90. The Morgan fingerprint density at radius 1 is 1.08 bits per heavy atom. The molecule has 1 amide bonds. The minimum atomic E-state index is 0.103. The van der Waals surface area contributed by atoms with E-state index in [1.807, 2.05) is 21.8 Å². The Bertz CT molecular complexity index is 940. The number of amides is 1. The highest BCUT2D eigenvalue weighted by molar-refractivity contribution is 7.13. The summed E-state index contributed by atoms with van der Waals surface area (Å²) in [4.78, 5) is 17.3. The minimum Gasteiger partial charge on any atom is -0.352 e. The Morgan fingerprint density at radius 3 is 2.81 bits per heavy atom. The Kier molecular flexibility index (Phi) is 3.89. The molecular weight excluding hydrogens is 346 g/mol. The number of anilines is 1. The highest BCUT2D eigenvalue weighted by atomic mass is 32.1. The van der Waals surface area contributed by atoms with Crippen molar-refractivity contribution in [3.05, 3.63) is 42.2 Å². The van der Waals surface area contributed by atoms with Gasteiger partial charge in [0.1, 0.15) is 5.82 Å². The first-order chi connectivity index (χ1) is 12.8. The maximum Gasteiger partial charge on any atom is 0.226 e. The van der Waals surface area contributed by atoms with E-state index in [-0.39, 0.29) is 5.92 Å². The number of benzene rings is 1. The van der Waals surface area contributed by atoms with Gasteiger partial charge < -0.3 is 9.80 Å². The lowest BCUT2D eigenvalue weighted by atomic mass is 9.94. The van der Waals surface area contributed by atoms with E-state index in [4.69, 9.17) is 0 Å². The molecule has 3 aromatic rings. The van der Waals surface area contributed by atoms with Crippen LogP contribution in [-0.4, -0.2) is 51.1 Å². The second kappa shape index (κ2) is 6.39. The molecule has 26 heavy (non-hydrogen) atoms. The number of piperazine rings is 1. The molecular formula is C19H21N5OS. The van der Waals surface area contributed by atoms with Gasteiger partial charge in [-0.3, -0.25) is 9.48 Å². The van der Waals surface area contributed by atoms with Crippen molar-refractivity contribution in [1.82, 2.24) is 19.1 Å². The molecule has 134 valence electrons. The van der Waals surface area contributed by atoms with Crippen molar-refractivity contribution in [3.63, 3.8) is 0 Å². The summed E-state index contributed by atoms with van der Waals surface area (Å²) in [5, 5.41) is 5.53. The van der Waals surface area contributed by atoms with Crippen LogP contribution in [-0.2, 0) is 17.8 Å². The summed E-state index contributed by atoms with van der Waals surface area (Å²) >= 11 is 1.55.